The highest BCUT2D eigenvalue weighted by Crippen LogP contribution is 2.19. The van der Waals surface area contributed by atoms with Crippen molar-refractivity contribution in [2.24, 2.45) is 0 Å². The Kier molecular flexibility index (Phi) is 3.66. The molecule has 0 bridgehead atoms. The molecule has 1 unspecified atom stereocenters. The molecule has 0 radical (unpaired) electrons. The first-order valence-corrected chi connectivity index (χ1v) is 4.75. The monoisotopic (exact) mass is 253 g/mol. The van der Waals surface area contributed by atoms with Gasteiger partial charge < -0.3 is 4.74 Å². The van der Waals surface area contributed by atoms with E-state index in [-0.39, 0.29) is 0 Å². The lowest BCUT2D eigenvalue weighted by molar-refractivity contribution is -0.144. The van der Waals surface area contributed by atoms with E-state index >= 15 is 0 Å². The molecule has 0 aliphatic rings. The molecule has 0 aromatic heterocycles. The maximum absolute atomic E-state index is 10.7. The van der Waals surface area contributed by atoms with Crippen molar-refractivity contribution in [2.75, 3.05) is 0 Å². The molecule has 14 heavy (non-hydrogen) atoms. The summed E-state index contributed by atoms with van der Waals surface area (Å²) in [4.78, 5) is 10.7. The van der Waals surface area contributed by atoms with Gasteiger partial charge in [-0.05, 0) is 12.1 Å². The van der Waals surface area contributed by atoms with Gasteiger partial charge in [-0.2, -0.15) is 5.26 Å². The van der Waals surface area contributed by atoms with Crippen LogP contribution in [0.25, 0.3) is 0 Å². The Morgan fingerprint density at radius 2 is 2.07 bits per heavy atom. The molecule has 1 rings (SSSR count). The third kappa shape index (κ3) is 2.86. The van der Waals surface area contributed by atoms with Crippen LogP contribution in [0.15, 0.2) is 28.7 Å². The van der Waals surface area contributed by atoms with Gasteiger partial charge in [0, 0.05) is 17.0 Å². The fourth-order valence-corrected chi connectivity index (χ4v) is 1.24. The number of benzene rings is 1. The highest BCUT2D eigenvalue weighted by atomic mass is 79.9. The second kappa shape index (κ2) is 4.77. The standard InChI is InChI=1S/C10H8BrNO2/c1-7(13)14-10(6-12)8-2-4-9(11)5-3-8/h2-5,10H,1H3. The number of carbonyl (C=O) groups is 1. The van der Waals surface area contributed by atoms with E-state index in [1.165, 1.54) is 6.92 Å². The number of ether oxygens (including phenoxy) is 1. The number of halogens is 1. The van der Waals surface area contributed by atoms with Gasteiger partial charge in [0.1, 0.15) is 6.07 Å². The summed E-state index contributed by atoms with van der Waals surface area (Å²) in [5.74, 6) is -0.459. The molecule has 4 heteroatoms. The first kappa shape index (κ1) is 10.7. The van der Waals surface area contributed by atoms with Gasteiger partial charge in [0.05, 0.1) is 0 Å². The summed E-state index contributed by atoms with van der Waals surface area (Å²) in [6.45, 7) is 1.28. The first-order chi connectivity index (χ1) is 6.63. The van der Waals surface area contributed by atoms with E-state index in [2.05, 4.69) is 15.9 Å². The Morgan fingerprint density at radius 3 is 2.50 bits per heavy atom. The predicted octanol–water partition coefficient (Wildman–Crippen LogP) is 2.58. The SMILES string of the molecule is CC(=O)OC(C#N)c1ccc(Br)cc1. The summed E-state index contributed by atoms with van der Waals surface area (Å²) < 4.78 is 5.73. The number of hydrogen-bond donors (Lipinski definition) is 0. The molecule has 0 fully saturated rings. The van der Waals surface area contributed by atoms with E-state index in [1.54, 1.807) is 24.3 Å². The van der Waals surface area contributed by atoms with E-state index in [0.29, 0.717) is 5.56 Å². The predicted molar refractivity (Wildman–Crippen MR) is 54.3 cm³/mol. The maximum atomic E-state index is 10.7. The van der Waals surface area contributed by atoms with Crippen molar-refractivity contribution < 1.29 is 9.53 Å². The van der Waals surface area contributed by atoms with Crippen LogP contribution in [0, 0.1) is 11.3 Å². The lowest BCUT2D eigenvalue weighted by Crippen LogP contribution is -2.06. The largest absolute Gasteiger partial charge is 0.442 e. The molecular formula is C10H8BrNO2. The molecule has 0 saturated heterocycles. The van der Waals surface area contributed by atoms with E-state index in [0.717, 1.165) is 4.47 Å². The molecule has 3 nitrogen and oxygen atoms in total. The van der Waals surface area contributed by atoms with E-state index in [4.69, 9.17) is 10.00 Å². The number of carbonyl (C=O) groups excluding carboxylic acids is 1. The van der Waals surface area contributed by atoms with Crippen LogP contribution in [0.1, 0.15) is 18.6 Å². The number of esters is 1. The van der Waals surface area contributed by atoms with Crippen LogP contribution in [0.3, 0.4) is 0 Å². The molecule has 0 heterocycles. The molecule has 0 aliphatic heterocycles. The van der Waals surface area contributed by atoms with Gasteiger partial charge in [-0.1, -0.05) is 28.1 Å². The zero-order valence-electron chi connectivity index (χ0n) is 7.53. The summed E-state index contributed by atoms with van der Waals surface area (Å²) in [7, 11) is 0. The van der Waals surface area contributed by atoms with Crippen molar-refractivity contribution >= 4 is 21.9 Å². The van der Waals surface area contributed by atoms with Gasteiger partial charge in [0.15, 0.2) is 0 Å². The van der Waals surface area contributed by atoms with Crippen LogP contribution >= 0.6 is 15.9 Å². The van der Waals surface area contributed by atoms with Crippen molar-refractivity contribution in [3.8, 4) is 6.07 Å². The van der Waals surface area contributed by atoms with Crippen LogP contribution in [-0.2, 0) is 9.53 Å². The minimum absolute atomic E-state index is 0.459. The van der Waals surface area contributed by atoms with Crippen LogP contribution in [-0.4, -0.2) is 5.97 Å². The lowest BCUT2D eigenvalue weighted by Gasteiger charge is -2.08. The molecule has 0 amide bonds. The summed E-state index contributed by atoms with van der Waals surface area (Å²) >= 11 is 3.28. The second-order valence-corrected chi connectivity index (χ2v) is 3.59. The lowest BCUT2D eigenvalue weighted by atomic mass is 10.1. The molecular weight excluding hydrogens is 246 g/mol. The van der Waals surface area contributed by atoms with Crippen LogP contribution in [0.5, 0.6) is 0 Å². The fraction of sp³-hybridized carbons (Fsp3) is 0.200. The van der Waals surface area contributed by atoms with Gasteiger partial charge in [-0.25, -0.2) is 0 Å². The van der Waals surface area contributed by atoms with Crippen LogP contribution in [0.4, 0.5) is 0 Å². The Labute approximate surface area is 90.4 Å². The van der Waals surface area contributed by atoms with Crippen molar-refractivity contribution in [1.29, 1.82) is 5.26 Å². The van der Waals surface area contributed by atoms with Crippen molar-refractivity contribution in [3.05, 3.63) is 34.3 Å². The fourth-order valence-electron chi connectivity index (χ4n) is 0.972. The van der Waals surface area contributed by atoms with E-state index < -0.39 is 12.1 Å². The average molecular weight is 254 g/mol. The summed E-state index contributed by atoms with van der Waals surface area (Å²) in [6, 6.07) is 8.97. The molecule has 1 aromatic rings. The Hall–Kier alpha value is -1.34. The van der Waals surface area contributed by atoms with Crippen molar-refractivity contribution in [1.82, 2.24) is 0 Å². The molecule has 1 aromatic carbocycles. The topological polar surface area (TPSA) is 50.1 Å². The van der Waals surface area contributed by atoms with Crippen molar-refractivity contribution in [3.63, 3.8) is 0 Å². The number of rotatable bonds is 2. The van der Waals surface area contributed by atoms with Gasteiger partial charge in [0.2, 0.25) is 6.10 Å². The zero-order chi connectivity index (χ0) is 10.6. The summed E-state index contributed by atoms with van der Waals surface area (Å²) in [5.41, 5.74) is 0.672. The maximum Gasteiger partial charge on any atom is 0.304 e. The Balaban J connectivity index is 2.85. The second-order valence-electron chi connectivity index (χ2n) is 2.67. The Morgan fingerprint density at radius 1 is 1.50 bits per heavy atom. The molecule has 1 atom stereocenters. The number of nitrogens with zero attached hydrogens (tertiary/aromatic N) is 1. The first-order valence-electron chi connectivity index (χ1n) is 3.96. The summed E-state index contributed by atoms with van der Waals surface area (Å²) in [5, 5.41) is 8.76. The molecule has 0 spiro atoms. The summed E-state index contributed by atoms with van der Waals surface area (Å²) in [6.07, 6.45) is -0.819. The van der Waals surface area contributed by atoms with Gasteiger partial charge in [-0.15, -0.1) is 0 Å². The van der Waals surface area contributed by atoms with Gasteiger partial charge in [-0.3, -0.25) is 4.79 Å². The number of hydrogen-bond acceptors (Lipinski definition) is 3. The van der Waals surface area contributed by atoms with E-state index in [1.807, 2.05) is 6.07 Å². The normalized spacial score (nSPS) is 11.5. The minimum atomic E-state index is -0.819. The van der Waals surface area contributed by atoms with Crippen molar-refractivity contribution in [2.45, 2.75) is 13.0 Å². The Bertz CT molecular complexity index is 367. The number of nitriles is 1. The molecule has 0 aliphatic carbocycles. The third-order valence-electron chi connectivity index (χ3n) is 1.57. The quantitative estimate of drug-likeness (QED) is 0.762. The minimum Gasteiger partial charge on any atom is -0.442 e. The van der Waals surface area contributed by atoms with Gasteiger partial charge >= 0.3 is 5.97 Å². The third-order valence-corrected chi connectivity index (χ3v) is 2.10. The smallest absolute Gasteiger partial charge is 0.304 e. The molecule has 0 N–H and O–H groups in total. The highest BCUT2D eigenvalue weighted by Gasteiger charge is 2.12. The van der Waals surface area contributed by atoms with Crippen LogP contribution in [0.2, 0.25) is 0 Å². The van der Waals surface area contributed by atoms with E-state index in [9.17, 15) is 4.79 Å². The van der Waals surface area contributed by atoms with Crippen LogP contribution < -0.4 is 0 Å². The van der Waals surface area contributed by atoms with Gasteiger partial charge in [0.25, 0.3) is 0 Å². The zero-order valence-corrected chi connectivity index (χ0v) is 9.11. The molecule has 72 valence electrons. The highest BCUT2D eigenvalue weighted by molar-refractivity contribution is 9.10. The molecule has 0 saturated carbocycles. The average Bonchev–Trinajstić information content (AvgIpc) is 2.15.